The summed E-state index contributed by atoms with van der Waals surface area (Å²) in [6.07, 6.45) is 3.48. The van der Waals surface area contributed by atoms with Crippen molar-refractivity contribution in [3.8, 4) is 35.1 Å². The van der Waals surface area contributed by atoms with Crippen molar-refractivity contribution in [1.82, 2.24) is 0 Å². The van der Waals surface area contributed by atoms with Gasteiger partial charge in [-0.15, -0.1) is 0 Å². The van der Waals surface area contributed by atoms with Crippen LogP contribution in [-0.4, -0.2) is 13.6 Å². The molecule has 0 N–H and O–H groups in total. The van der Waals surface area contributed by atoms with Crippen molar-refractivity contribution < 1.29 is 18.9 Å². The highest BCUT2D eigenvalue weighted by atomic mass is 16.7. The van der Waals surface area contributed by atoms with E-state index in [-0.39, 0.29) is 12.2 Å². The molecule has 0 saturated heterocycles. The average Bonchev–Trinajstić information content (AvgIpc) is 3.30. The fourth-order valence-electron chi connectivity index (χ4n) is 3.33. The van der Waals surface area contributed by atoms with Crippen molar-refractivity contribution in [2.24, 2.45) is 0 Å². The Hall–Kier alpha value is -3.38. The van der Waals surface area contributed by atoms with E-state index in [1.54, 1.807) is 0 Å². The van der Waals surface area contributed by atoms with Crippen LogP contribution in [0.25, 0.3) is 0 Å². The maximum atomic E-state index is 9.22. The van der Waals surface area contributed by atoms with Crippen molar-refractivity contribution >= 4 is 0 Å². The number of hydrogen-bond acceptors (Lipinski definition) is 6. The molecule has 6 heteroatoms. The SMILES string of the molecule is N#CC1(c2ccc3c(c2)OCO3)CCC1.N#CCc1ccc2c(c1)OCO2. The lowest BCUT2D eigenvalue weighted by Gasteiger charge is -2.35. The summed E-state index contributed by atoms with van der Waals surface area (Å²) in [4.78, 5) is 0. The summed E-state index contributed by atoms with van der Waals surface area (Å²) < 4.78 is 20.8. The molecule has 1 saturated carbocycles. The number of fused-ring (bicyclic) bond motifs is 2. The molecule has 6 nitrogen and oxygen atoms in total. The maximum Gasteiger partial charge on any atom is 0.231 e. The van der Waals surface area contributed by atoms with E-state index in [4.69, 9.17) is 24.2 Å². The number of ether oxygens (including phenoxy) is 4. The highest BCUT2D eigenvalue weighted by molar-refractivity contribution is 5.49. The van der Waals surface area contributed by atoms with Gasteiger partial charge in [-0.2, -0.15) is 10.5 Å². The second kappa shape index (κ2) is 7.09. The van der Waals surface area contributed by atoms with Gasteiger partial charge >= 0.3 is 0 Å². The maximum absolute atomic E-state index is 9.22. The van der Waals surface area contributed by atoms with Crippen molar-refractivity contribution in [3.05, 3.63) is 47.5 Å². The van der Waals surface area contributed by atoms with E-state index in [0.29, 0.717) is 13.2 Å². The molecule has 0 atom stereocenters. The first-order valence-electron chi connectivity index (χ1n) is 8.81. The van der Waals surface area contributed by atoms with Gasteiger partial charge in [0.25, 0.3) is 0 Å². The van der Waals surface area contributed by atoms with Crippen LogP contribution in [0, 0.1) is 22.7 Å². The van der Waals surface area contributed by atoms with Gasteiger partial charge in [-0.3, -0.25) is 0 Å². The number of hydrogen-bond donors (Lipinski definition) is 0. The number of benzene rings is 2. The summed E-state index contributed by atoms with van der Waals surface area (Å²) in [6, 6.07) is 15.9. The van der Waals surface area contributed by atoms with E-state index in [9.17, 15) is 5.26 Å². The largest absolute Gasteiger partial charge is 0.454 e. The van der Waals surface area contributed by atoms with Crippen LogP contribution >= 0.6 is 0 Å². The second-order valence-electron chi connectivity index (χ2n) is 6.64. The van der Waals surface area contributed by atoms with Crippen LogP contribution in [0.5, 0.6) is 23.0 Å². The number of rotatable bonds is 2. The molecular formula is C21H18N2O4. The van der Waals surface area contributed by atoms with Crippen LogP contribution < -0.4 is 18.9 Å². The molecule has 1 aliphatic carbocycles. The molecule has 2 aromatic carbocycles. The number of nitrogens with zero attached hydrogens (tertiary/aromatic N) is 2. The van der Waals surface area contributed by atoms with Crippen molar-refractivity contribution in [1.29, 1.82) is 10.5 Å². The van der Waals surface area contributed by atoms with Gasteiger partial charge in [-0.25, -0.2) is 0 Å². The lowest BCUT2D eigenvalue weighted by Crippen LogP contribution is -2.32. The Labute approximate surface area is 157 Å². The first kappa shape index (κ1) is 17.1. The van der Waals surface area contributed by atoms with Gasteiger partial charge in [0.05, 0.1) is 24.0 Å². The quantitative estimate of drug-likeness (QED) is 0.807. The van der Waals surface area contributed by atoms with Crippen molar-refractivity contribution in [2.75, 3.05) is 13.6 Å². The Balaban J connectivity index is 0.000000137. The van der Waals surface area contributed by atoms with Gasteiger partial charge in [-0.1, -0.05) is 12.1 Å². The van der Waals surface area contributed by atoms with Gasteiger partial charge in [0, 0.05) is 0 Å². The molecule has 136 valence electrons. The lowest BCUT2D eigenvalue weighted by molar-refractivity contribution is 0.173. The average molecular weight is 362 g/mol. The molecule has 1 fully saturated rings. The molecule has 0 amide bonds. The minimum atomic E-state index is -0.263. The molecule has 2 aromatic rings. The lowest BCUT2D eigenvalue weighted by atomic mass is 9.65. The predicted molar refractivity (Wildman–Crippen MR) is 95.6 cm³/mol. The molecule has 0 radical (unpaired) electrons. The topological polar surface area (TPSA) is 84.5 Å². The Bertz CT molecular complexity index is 938. The van der Waals surface area contributed by atoms with Gasteiger partial charge in [-0.05, 0) is 54.7 Å². The molecule has 0 aromatic heterocycles. The fraction of sp³-hybridized carbons (Fsp3) is 0.333. The van der Waals surface area contributed by atoms with Crippen LogP contribution in [-0.2, 0) is 11.8 Å². The molecule has 2 heterocycles. The normalized spacial score (nSPS) is 17.0. The second-order valence-corrected chi connectivity index (χ2v) is 6.64. The summed E-state index contributed by atoms with van der Waals surface area (Å²) in [5.74, 6) is 3.06. The van der Waals surface area contributed by atoms with Gasteiger partial charge < -0.3 is 18.9 Å². The number of nitriles is 2. The zero-order chi connectivity index (χ0) is 18.7. The summed E-state index contributed by atoms with van der Waals surface area (Å²) in [6.45, 7) is 0.573. The zero-order valence-corrected chi connectivity index (χ0v) is 14.7. The van der Waals surface area contributed by atoms with Crippen LogP contribution in [0.1, 0.15) is 30.4 Å². The smallest absolute Gasteiger partial charge is 0.231 e. The summed E-state index contributed by atoms with van der Waals surface area (Å²) in [7, 11) is 0. The molecule has 2 aliphatic heterocycles. The Morgan fingerprint density at radius 2 is 1.44 bits per heavy atom. The summed E-state index contributed by atoms with van der Waals surface area (Å²) >= 11 is 0. The Kier molecular flexibility index (Phi) is 4.48. The highest BCUT2D eigenvalue weighted by Gasteiger charge is 2.39. The predicted octanol–water partition coefficient (Wildman–Crippen LogP) is 3.84. The molecule has 3 aliphatic rings. The van der Waals surface area contributed by atoms with Gasteiger partial charge in [0.15, 0.2) is 23.0 Å². The standard InChI is InChI=1S/C12H11NO2.C9H7NO2/c13-7-12(4-1-5-12)9-2-3-10-11(6-9)15-8-14-10;10-4-3-7-1-2-8-9(5-7)12-6-11-8/h2-3,6H,1,4-5,8H2;1-2,5H,3,6H2. The van der Waals surface area contributed by atoms with E-state index >= 15 is 0 Å². The minimum Gasteiger partial charge on any atom is -0.454 e. The third kappa shape index (κ3) is 3.22. The van der Waals surface area contributed by atoms with E-state index in [2.05, 4.69) is 12.1 Å². The van der Waals surface area contributed by atoms with E-state index in [0.717, 1.165) is 53.4 Å². The third-order valence-electron chi connectivity index (χ3n) is 5.07. The van der Waals surface area contributed by atoms with Crippen LogP contribution in [0.3, 0.4) is 0 Å². The zero-order valence-electron chi connectivity index (χ0n) is 14.7. The Morgan fingerprint density at radius 3 is 2.04 bits per heavy atom. The van der Waals surface area contributed by atoms with Gasteiger partial charge in [0.2, 0.25) is 13.6 Å². The minimum absolute atomic E-state index is 0.263. The van der Waals surface area contributed by atoms with E-state index < -0.39 is 0 Å². The third-order valence-corrected chi connectivity index (χ3v) is 5.07. The monoisotopic (exact) mass is 362 g/mol. The summed E-state index contributed by atoms with van der Waals surface area (Å²) in [5, 5.41) is 17.7. The first-order chi connectivity index (χ1) is 13.2. The van der Waals surface area contributed by atoms with Crippen LogP contribution in [0.2, 0.25) is 0 Å². The molecule has 5 rings (SSSR count). The molecular weight excluding hydrogens is 344 g/mol. The molecule has 27 heavy (non-hydrogen) atoms. The van der Waals surface area contributed by atoms with E-state index in [1.165, 1.54) is 0 Å². The van der Waals surface area contributed by atoms with E-state index in [1.807, 2.05) is 36.4 Å². The van der Waals surface area contributed by atoms with Crippen LogP contribution in [0.4, 0.5) is 0 Å². The van der Waals surface area contributed by atoms with Crippen molar-refractivity contribution in [3.63, 3.8) is 0 Å². The Morgan fingerprint density at radius 1 is 0.815 bits per heavy atom. The van der Waals surface area contributed by atoms with Crippen LogP contribution in [0.15, 0.2) is 36.4 Å². The van der Waals surface area contributed by atoms with Crippen molar-refractivity contribution in [2.45, 2.75) is 31.1 Å². The molecule has 0 bridgehead atoms. The van der Waals surface area contributed by atoms with Gasteiger partial charge in [0.1, 0.15) is 0 Å². The first-order valence-corrected chi connectivity index (χ1v) is 8.81. The molecule has 0 unspecified atom stereocenters. The summed E-state index contributed by atoms with van der Waals surface area (Å²) in [5.41, 5.74) is 1.77. The highest BCUT2D eigenvalue weighted by Crippen LogP contribution is 2.46. The fourth-order valence-corrected chi connectivity index (χ4v) is 3.33. The molecule has 0 spiro atoms.